The molecule has 0 saturated carbocycles. The van der Waals surface area contributed by atoms with Crippen molar-refractivity contribution < 1.29 is 4.79 Å². The van der Waals surface area contributed by atoms with Gasteiger partial charge in [-0.15, -0.1) is 11.3 Å². The number of aromatic nitrogens is 3. The lowest BCUT2D eigenvalue weighted by Crippen LogP contribution is -2.27. The van der Waals surface area contributed by atoms with E-state index in [9.17, 15) is 4.79 Å². The van der Waals surface area contributed by atoms with Gasteiger partial charge >= 0.3 is 0 Å². The zero-order valence-electron chi connectivity index (χ0n) is 14.2. The number of nitrogens with zero attached hydrogens (tertiary/aromatic N) is 4. The number of hydrogen-bond acceptors (Lipinski definition) is 6. The number of rotatable bonds is 5. The van der Waals surface area contributed by atoms with Crippen molar-refractivity contribution in [2.24, 2.45) is 0 Å². The summed E-state index contributed by atoms with van der Waals surface area (Å²) in [6, 6.07) is 4.09. The molecule has 1 aliphatic rings. The van der Waals surface area contributed by atoms with Crippen LogP contribution in [0.5, 0.6) is 0 Å². The first kappa shape index (κ1) is 16.3. The van der Waals surface area contributed by atoms with E-state index in [1.807, 2.05) is 25.4 Å². The highest BCUT2D eigenvalue weighted by atomic mass is 32.1. The van der Waals surface area contributed by atoms with Gasteiger partial charge in [-0.2, -0.15) is 0 Å². The lowest BCUT2D eigenvalue weighted by atomic mass is 10.1. The quantitative estimate of drug-likeness (QED) is 0.705. The van der Waals surface area contributed by atoms with Crippen molar-refractivity contribution in [3.05, 3.63) is 41.4 Å². The normalized spacial score (nSPS) is 15.1. The smallest absolute Gasteiger partial charge is 0.152 e. The van der Waals surface area contributed by atoms with Crippen LogP contribution in [0.2, 0.25) is 0 Å². The van der Waals surface area contributed by atoms with Crippen molar-refractivity contribution in [3.8, 4) is 10.4 Å². The molecule has 128 valence electrons. The molecule has 0 unspecified atom stereocenters. The van der Waals surface area contributed by atoms with E-state index in [0.29, 0.717) is 13.0 Å². The number of pyridine rings is 2. The Morgan fingerprint density at radius 2 is 1.96 bits per heavy atom. The molecule has 0 atom stereocenters. The first-order valence-corrected chi connectivity index (χ1v) is 9.40. The number of likely N-dealkylation sites (tertiary alicyclic amines) is 1. The monoisotopic (exact) mass is 352 g/mol. The molecule has 25 heavy (non-hydrogen) atoms. The first-order chi connectivity index (χ1) is 12.2. The van der Waals surface area contributed by atoms with Crippen LogP contribution in [-0.4, -0.2) is 45.3 Å². The molecule has 0 amide bonds. The molecule has 0 N–H and O–H groups in total. The number of Topliss-reactive ketones (excluding diaryl/α,β-unsaturated/α-hetero) is 1. The Hall–Kier alpha value is -2.18. The largest absolute Gasteiger partial charge is 0.298 e. The molecule has 4 rings (SSSR count). The fourth-order valence-electron chi connectivity index (χ4n) is 3.25. The molecule has 1 saturated heterocycles. The Morgan fingerprint density at radius 1 is 1.12 bits per heavy atom. The molecule has 5 nitrogen and oxygen atoms in total. The summed E-state index contributed by atoms with van der Waals surface area (Å²) >= 11 is 1.66. The van der Waals surface area contributed by atoms with Crippen molar-refractivity contribution in [2.45, 2.75) is 26.2 Å². The fraction of sp³-hybridized carbons (Fsp3) is 0.368. The summed E-state index contributed by atoms with van der Waals surface area (Å²) in [7, 11) is 0. The molecule has 0 aromatic carbocycles. The van der Waals surface area contributed by atoms with Gasteiger partial charge in [0, 0.05) is 29.0 Å². The Balaban J connectivity index is 1.54. The van der Waals surface area contributed by atoms with Crippen molar-refractivity contribution in [1.29, 1.82) is 0 Å². The second-order valence-electron chi connectivity index (χ2n) is 6.53. The van der Waals surface area contributed by atoms with Gasteiger partial charge in [0.25, 0.3) is 0 Å². The predicted octanol–water partition coefficient (Wildman–Crippen LogP) is 3.27. The molecular formula is C19H20N4OS. The molecule has 6 heteroatoms. The van der Waals surface area contributed by atoms with Gasteiger partial charge in [-0.05, 0) is 45.0 Å². The average Bonchev–Trinajstić information content (AvgIpc) is 3.26. The third kappa shape index (κ3) is 3.75. The van der Waals surface area contributed by atoms with Crippen LogP contribution in [0.25, 0.3) is 21.3 Å². The maximum absolute atomic E-state index is 12.3. The highest BCUT2D eigenvalue weighted by molar-refractivity contribution is 7.15. The van der Waals surface area contributed by atoms with E-state index in [2.05, 4.69) is 25.9 Å². The van der Waals surface area contributed by atoms with Gasteiger partial charge in [0.1, 0.15) is 0 Å². The highest BCUT2D eigenvalue weighted by Crippen LogP contribution is 2.27. The molecule has 0 aliphatic carbocycles. The zero-order chi connectivity index (χ0) is 17.2. The maximum atomic E-state index is 12.3. The van der Waals surface area contributed by atoms with Crippen molar-refractivity contribution in [1.82, 2.24) is 19.9 Å². The SMILES string of the molecule is Cc1ncc(-c2cnc3cnc(CC(=O)CN4CCCC4)cc3c2)s1. The highest BCUT2D eigenvalue weighted by Gasteiger charge is 2.16. The van der Waals surface area contributed by atoms with E-state index in [4.69, 9.17) is 0 Å². The van der Waals surface area contributed by atoms with Crippen LogP contribution >= 0.6 is 11.3 Å². The van der Waals surface area contributed by atoms with Gasteiger partial charge in [-0.1, -0.05) is 0 Å². The number of hydrogen-bond donors (Lipinski definition) is 0. The number of aryl methyl sites for hydroxylation is 1. The Morgan fingerprint density at radius 3 is 2.72 bits per heavy atom. The van der Waals surface area contributed by atoms with Crippen molar-refractivity contribution in [3.63, 3.8) is 0 Å². The van der Waals surface area contributed by atoms with Crippen LogP contribution in [0.1, 0.15) is 23.5 Å². The van der Waals surface area contributed by atoms with Gasteiger partial charge in [-0.3, -0.25) is 19.7 Å². The number of carbonyl (C=O) groups is 1. The molecule has 1 fully saturated rings. The molecule has 3 aromatic rings. The molecule has 4 heterocycles. The second kappa shape index (κ2) is 6.98. The van der Waals surface area contributed by atoms with Crippen LogP contribution in [0.15, 0.2) is 30.7 Å². The summed E-state index contributed by atoms with van der Waals surface area (Å²) in [5.41, 5.74) is 2.72. The van der Waals surface area contributed by atoms with Crippen LogP contribution < -0.4 is 0 Å². The zero-order valence-corrected chi connectivity index (χ0v) is 15.1. The van der Waals surface area contributed by atoms with Crippen molar-refractivity contribution >= 4 is 28.0 Å². The lowest BCUT2D eigenvalue weighted by Gasteiger charge is -2.13. The Kier molecular flexibility index (Phi) is 4.55. The topological polar surface area (TPSA) is 59.0 Å². The minimum Gasteiger partial charge on any atom is -0.298 e. The summed E-state index contributed by atoms with van der Waals surface area (Å²) < 4.78 is 0. The molecule has 0 spiro atoms. The van der Waals surface area contributed by atoms with Gasteiger partial charge < -0.3 is 0 Å². The summed E-state index contributed by atoms with van der Waals surface area (Å²) in [6.45, 7) is 4.62. The van der Waals surface area contributed by atoms with E-state index in [1.165, 1.54) is 12.8 Å². The van der Waals surface area contributed by atoms with Crippen LogP contribution in [0.3, 0.4) is 0 Å². The molecular weight excluding hydrogens is 332 g/mol. The van der Waals surface area contributed by atoms with E-state index < -0.39 is 0 Å². The van der Waals surface area contributed by atoms with Crippen LogP contribution in [0.4, 0.5) is 0 Å². The van der Waals surface area contributed by atoms with Crippen LogP contribution in [-0.2, 0) is 11.2 Å². The van der Waals surface area contributed by atoms with E-state index >= 15 is 0 Å². The Labute approximate surface area is 150 Å². The fourth-order valence-corrected chi connectivity index (χ4v) is 4.01. The predicted molar refractivity (Wildman–Crippen MR) is 99.8 cm³/mol. The van der Waals surface area contributed by atoms with E-state index in [-0.39, 0.29) is 5.78 Å². The minimum atomic E-state index is 0.232. The average molecular weight is 352 g/mol. The Bertz CT molecular complexity index is 915. The first-order valence-electron chi connectivity index (χ1n) is 8.59. The van der Waals surface area contributed by atoms with Gasteiger partial charge in [0.15, 0.2) is 5.78 Å². The van der Waals surface area contributed by atoms with Crippen molar-refractivity contribution in [2.75, 3.05) is 19.6 Å². The van der Waals surface area contributed by atoms with Gasteiger partial charge in [-0.25, -0.2) is 4.98 Å². The minimum absolute atomic E-state index is 0.232. The molecule has 0 radical (unpaired) electrons. The van der Waals surface area contributed by atoms with E-state index in [0.717, 1.165) is 45.1 Å². The van der Waals surface area contributed by atoms with Gasteiger partial charge in [0.05, 0.1) is 34.6 Å². The third-order valence-electron chi connectivity index (χ3n) is 4.51. The maximum Gasteiger partial charge on any atom is 0.152 e. The third-order valence-corrected chi connectivity index (χ3v) is 5.47. The summed E-state index contributed by atoms with van der Waals surface area (Å²) in [4.78, 5) is 28.8. The molecule has 1 aliphatic heterocycles. The second-order valence-corrected chi connectivity index (χ2v) is 7.77. The number of fused-ring (bicyclic) bond motifs is 1. The summed E-state index contributed by atoms with van der Waals surface area (Å²) in [5, 5.41) is 2.06. The van der Waals surface area contributed by atoms with Gasteiger partial charge in [0.2, 0.25) is 0 Å². The van der Waals surface area contributed by atoms with Crippen LogP contribution in [0, 0.1) is 6.92 Å². The number of carbonyl (C=O) groups excluding carboxylic acids is 1. The van der Waals surface area contributed by atoms with E-state index in [1.54, 1.807) is 17.5 Å². The molecule has 3 aromatic heterocycles. The standard InChI is InChI=1S/C19H20N4OS/c1-13-20-11-19(25-13)15-6-14-7-16(21-10-18(14)22-9-15)8-17(24)12-23-4-2-3-5-23/h6-7,9-11H,2-5,8,12H2,1H3. The summed E-state index contributed by atoms with van der Waals surface area (Å²) in [5.74, 6) is 0.232. The number of ketones is 1. The molecule has 0 bridgehead atoms. The summed E-state index contributed by atoms with van der Waals surface area (Å²) in [6.07, 6.45) is 8.28. The number of thiazole rings is 1. The lowest BCUT2D eigenvalue weighted by molar-refractivity contribution is -0.119.